The highest BCUT2D eigenvalue weighted by Crippen LogP contribution is 2.28. The van der Waals surface area contributed by atoms with Crippen LogP contribution in [0.4, 0.5) is 0 Å². The molecule has 26 heavy (non-hydrogen) atoms. The Morgan fingerprint density at radius 1 is 1.12 bits per heavy atom. The molecule has 4 rings (SSSR count). The zero-order valence-corrected chi connectivity index (χ0v) is 16.0. The summed E-state index contributed by atoms with van der Waals surface area (Å²) in [5.41, 5.74) is 1.92. The first kappa shape index (κ1) is 17.4. The first-order valence-corrected chi connectivity index (χ1v) is 9.71. The van der Waals surface area contributed by atoms with E-state index in [2.05, 4.69) is 55.4 Å². The molecule has 136 valence electrons. The highest BCUT2D eigenvalue weighted by molar-refractivity contribution is 9.10. The summed E-state index contributed by atoms with van der Waals surface area (Å²) in [6.45, 7) is 1.37. The molecule has 0 radical (unpaired) electrons. The van der Waals surface area contributed by atoms with Crippen LogP contribution in [0.5, 0.6) is 5.75 Å². The Labute approximate surface area is 160 Å². The molecule has 0 N–H and O–H groups in total. The van der Waals surface area contributed by atoms with Crippen LogP contribution >= 0.6 is 15.9 Å². The largest absolute Gasteiger partial charge is 0.488 e. The molecule has 3 aromatic rings. The van der Waals surface area contributed by atoms with Crippen LogP contribution in [0, 0.1) is 5.92 Å². The third-order valence-electron chi connectivity index (χ3n) is 4.85. The van der Waals surface area contributed by atoms with E-state index in [0.717, 1.165) is 25.7 Å². The highest BCUT2D eigenvalue weighted by Gasteiger charge is 2.22. The van der Waals surface area contributed by atoms with Gasteiger partial charge in [0, 0.05) is 0 Å². The summed E-state index contributed by atoms with van der Waals surface area (Å²) in [7, 11) is 0. The Balaban J connectivity index is 1.25. The number of halogens is 1. The molecule has 2 aromatic heterocycles. The number of hydrogen-bond acceptors (Lipinski definition) is 5. The fraction of sp³-hybridized carbons (Fsp3) is 0.421. The lowest BCUT2D eigenvalue weighted by Crippen LogP contribution is -2.25. The van der Waals surface area contributed by atoms with Crippen LogP contribution in [-0.4, -0.2) is 32.3 Å². The second kappa shape index (κ2) is 8.14. The smallest absolute Gasteiger partial charge is 0.206 e. The van der Waals surface area contributed by atoms with Crippen LogP contribution < -0.4 is 4.74 Å². The molecule has 0 unspecified atom stereocenters. The Morgan fingerprint density at radius 3 is 2.73 bits per heavy atom. The van der Waals surface area contributed by atoms with E-state index < -0.39 is 0 Å². The third kappa shape index (κ3) is 4.04. The molecule has 0 amide bonds. The summed E-state index contributed by atoms with van der Waals surface area (Å²) < 4.78 is 14.5. The second-order valence-electron chi connectivity index (χ2n) is 6.67. The van der Waals surface area contributed by atoms with E-state index in [1.807, 2.05) is 6.07 Å². The van der Waals surface area contributed by atoms with Crippen LogP contribution in [0.15, 0.2) is 47.6 Å². The second-order valence-corrected chi connectivity index (χ2v) is 7.38. The van der Waals surface area contributed by atoms with Crippen molar-refractivity contribution in [3.05, 3.63) is 53.2 Å². The zero-order valence-electron chi connectivity index (χ0n) is 14.4. The Morgan fingerprint density at radius 2 is 1.92 bits per heavy atom. The first-order chi connectivity index (χ1) is 12.8. The van der Waals surface area contributed by atoms with Gasteiger partial charge in [0.15, 0.2) is 10.5 Å². The van der Waals surface area contributed by atoms with Gasteiger partial charge in [-0.1, -0.05) is 30.3 Å². The normalized spacial score (nSPS) is 20.3. The molecule has 1 aliphatic rings. The molecule has 0 bridgehead atoms. The van der Waals surface area contributed by atoms with E-state index in [9.17, 15) is 0 Å². The van der Waals surface area contributed by atoms with Crippen molar-refractivity contribution in [1.82, 2.24) is 19.6 Å². The van der Waals surface area contributed by atoms with Crippen molar-refractivity contribution in [3.63, 3.8) is 0 Å². The van der Waals surface area contributed by atoms with Crippen LogP contribution in [0.1, 0.15) is 31.2 Å². The van der Waals surface area contributed by atoms with E-state index in [1.165, 1.54) is 5.56 Å². The zero-order chi connectivity index (χ0) is 17.8. The van der Waals surface area contributed by atoms with E-state index in [4.69, 9.17) is 9.47 Å². The van der Waals surface area contributed by atoms with E-state index in [1.54, 1.807) is 16.9 Å². The molecule has 7 heteroatoms. The number of aromatic nitrogens is 4. The summed E-state index contributed by atoms with van der Waals surface area (Å²) in [5.74, 6) is 1.21. The van der Waals surface area contributed by atoms with Crippen LogP contribution in [-0.2, 0) is 11.3 Å². The molecule has 2 heterocycles. The molecule has 1 aromatic carbocycles. The van der Waals surface area contributed by atoms with Crippen molar-refractivity contribution >= 4 is 21.6 Å². The van der Waals surface area contributed by atoms with Gasteiger partial charge in [0.25, 0.3) is 0 Å². The van der Waals surface area contributed by atoms with Gasteiger partial charge >= 0.3 is 0 Å². The lowest BCUT2D eigenvalue weighted by atomic mass is 9.88. The van der Waals surface area contributed by atoms with Gasteiger partial charge in [-0.2, -0.15) is 0 Å². The topological polar surface area (TPSA) is 61.5 Å². The molecule has 0 spiro atoms. The maximum Gasteiger partial charge on any atom is 0.206 e. The summed E-state index contributed by atoms with van der Waals surface area (Å²) >= 11 is 3.38. The Hall–Kier alpha value is -1.99. The van der Waals surface area contributed by atoms with Crippen molar-refractivity contribution in [3.8, 4) is 5.75 Å². The molecule has 0 saturated heterocycles. The molecule has 0 atom stereocenters. The van der Waals surface area contributed by atoms with Gasteiger partial charge in [-0.05, 0) is 53.1 Å². The minimum atomic E-state index is 0.351. The highest BCUT2D eigenvalue weighted by atomic mass is 79.9. The number of hydrogen-bond donors (Lipinski definition) is 0. The number of benzene rings is 1. The molecule has 6 nitrogen and oxygen atoms in total. The summed E-state index contributed by atoms with van der Waals surface area (Å²) in [6.07, 6.45) is 8.07. The molecular formula is C19H21BrN4O2. The van der Waals surface area contributed by atoms with Gasteiger partial charge in [0.2, 0.25) is 5.65 Å². The minimum absolute atomic E-state index is 0.351. The van der Waals surface area contributed by atoms with Gasteiger partial charge in [0.1, 0.15) is 6.33 Å². The molecule has 0 aliphatic heterocycles. The predicted octanol–water partition coefficient (Wildman–Crippen LogP) is 4.04. The quantitative estimate of drug-likeness (QED) is 0.567. The Kier molecular flexibility index (Phi) is 5.45. The standard InChI is InChI=1S/C19H21BrN4O2/c20-19-21-10-17(18-23-22-13-24(18)19)26-12-15-6-8-16(9-7-15)25-11-14-4-2-1-3-5-14/h1-5,10,13,15-16H,6-9,11-12H2. The van der Waals surface area contributed by atoms with Crippen molar-refractivity contribution in [2.24, 2.45) is 5.92 Å². The maximum atomic E-state index is 6.06. The van der Waals surface area contributed by atoms with E-state index in [0.29, 0.717) is 41.4 Å². The number of fused-ring (bicyclic) bond motifs is 1. The van der Waals surface area contributed by atoms with Gasteiger partial charge in [0.05, 0.1) is 25.5 Å². The molecule has 1 aliphatic carbocycles. The van der Waals surface area contributed by atoms with Gasteiger partial charge in [-0.3, -0.25) is 4.40 Å². The maximum absolute atomic E-state index is 6.06. The van der Waals surface area contributed by atoms with Crippen LogP contribution in [0.25, 0.3) is 5.65 Å². The van der Waals surface area contributed by atoms with Crippen molar-refractivity contribution in [1.29, 1.82) is 0 Å². The molecule has 1 fully saturated rings. The predicted molar refractivity (Wildman–Crippen MR) is 101 cm³/mol. The first-order valence-electron chi connectivity index (χ1n) is 8.92. The SMILES string of the molecule is Brc1ncc(OCC2CCC(OCc3ccccc3)CC2)c2nncn12. The summed E-state index contributed by atoms with van der Waals surface area (Å²) in [5, 5.41) is 8.03. The lowest BCUT2D eigenvalue weighted by molar-refractivity contribution is 0.00252. The minimum Gasteiger partial charge on any atom is -0.488 e. The molecule has 1 saturated carbocycles. The average Bonchev–Trinajstić information content (AvgIpc) is 3.19. The Bertz CT molecular complexity index is 847. The summed E-state index contributed by atoms with van der Waals surface area (Å²) in [4.78, 5) is 4.26. The van der Waals surface area contributed by atoms with Crippen LogP contribution in [0.3, 0.4) is 0 Å². The monoisotopic (exact) mass is 416 g/mol. The van der Waals surface area contributed by atoms with E-state index >= 15 is 0 Å². The average molecular weight is 417 g/mol. The van der Waals surface area contributed by atoms with Gasteiger partial charge < -0.3 is 9.47 Å². The fourth-order valence-electron chi connectivity index (χ4n) is 3.33. The van der Waals surface area contributed by atoms with E-state index in [-0.39, 0.29) is 0 Å². The number of rotatable bonds is 6. The van der Waals surface area contributed by atoms with Crippen molar-refractivity contribution in [2.45, 2.75) is 38.4 Å². The van der Waals surface area contributed by atoms with Gasteiger partial charge in [-0.15, -0.1) is 10.2 Å². The third-order valence-corrected chi connectivity index (χ3v) is 5.44. The summed E-state index contributed by atoms with van der Waals surface area (Å²) in [6, 6.07) is 10.4. The van der Waals surface area contributed by atoms with Gasteiger partial charge in [-0.25, -0.2) is 4.98 Å². The number of nitrogens with zero attached hydrogens (tertiary/aromatic N) is 4. The fourth-order valence-corrected chi connectivity index (χ4v) is 3.69. The molecular weight excluding hydrogens is 396 g/mol. The number of ether oxygens (including phenoxy) is 2. The van der Waals surface area contributed by atoms with Crippen molar-refractivity contribution < 1.29 is 9.47 Å². The van der Waals surface area contributed by atoms with Crippen LogP contribution in [0.2, 0.25) is 0 Å². The lowest BCUT2D eigenvalue weighted by Gasteiger charge is -2.28. The van der Waals surface area contributed by atoms with Crippen molar-refractivity contribution in [2.75, 3.05) is 6.61 Å².